The van der Waals surface area contributed by atoms with Crippen molar-refractivity contribution in [2.75, 3.05) is 79.3 Å². The largest absolute Gasteiger partial charge is 0.490 e. The van der Waals surface area contributed by atoms with Crippen molar-refractivity contribution in [2.24, 2.45) is 0 Å². The van der Waals surface area contributed by atoms with E-state index in [1.54, 1.807) is 61.2 Å². The van der Waals surface area contributed by atoms with Crippen molar-refractivity contribution >= 4 is 57.4 Å². The van der Waals surface area contributed by atoms with Crippen LogP contribution in [0.15, 0.2) is 169 Å². The average Bonchev–Trinajstić information content (AvgIpc) is 1.61. The van der Waals surface area contributed by atoms with Gasteiger partial charge >= 0.3 is 0 Å². The number of hydrogen-bond donors (Lipinski definition) is 0. The molecule has 140 heavy (non-hydrogen) atoms. The van der Waals surface area contributed by atoms with Gasteiger partial charge < -0.3 is 56.8 Å². The predicted octanol–water partition coefficient (Wildman–Crippen LogP) is 18.0. The van der Waals surface area contributed by atoms with E-state index in [2.05, 4.69) is 59.8 Å². The number of ketones is 6. The third-order valence-corrected chi connectivity index (χ3v) is 24.6. The third-order valence-electron chi connectivity index (χ3n) is 22.7. The number of carbonyl (C=O) groups excluding carboxylic acids is 6. The Bertz CT molecular complexity index is 5650. The number of aryl methyl sites for hydroxylation is 10. The van der Waals surface area contributed by atoms with E-state index in [-0.39, 0.29) is 110 Å². The molecule has 736 valence electrons. The lowest BCUT2D eigenvalue weighted by Gasteiger charge is -2.23. The molecule has 0 aliphatic carbocycles. The summed E-state index contributed by atoms with van der Waals surface area (Å²) in [5.41, 5.74) is 14.2. The molecular weight excluding hydrogens is 1820 g/mol. The van der Waals surface area contributed by atoms with Crippen molar-refractivity contribution in [3.8, 4) is 34.5 Å². The third kappa shape index (κ3) is 35.6. The first-order chi connectivity index (χ1) is 67.8. The lowest BCUT2D eigenvalue weighted by molar-refractivity contribution is 0.00734. The molecule has 6 aliphatic rings. The quantitative estimate of drug-likeness (QED) is 0.0377. The second kappa shape index (κ2) is 54.2. The number of thiazole rings is 2. The van der Waals surface area contributed by atoms with E-state index in [0.717, 1.165) is 226 Å². The molecule has 3 unspecified atom stereocenters. The van der Waals surface area contributed by atoms with Crippen LogP contribution >= 0.6 is 22.7 Å². The zero-order valence-electron chi connectivity index (χ0n) is 81.4. The second-order valence-corrected chi connectivity index (χ2v) is 37.2. The molecule has 18 rings (SSSR count). The number of pyridine rings is 10. The van der Waals surface area contributed by atoms with Crippen LogP contribution in [0.1, 0.15) is 229 Å². The van der Waals surface area contributed by atoms with E-state index in [1.165, 1.54) is 22.7 Å². The Kier molecular flexibility index (Phi) is 40.5. The van der Waals surface area contributed by atoms with Crippen molar-refractivity contribution in [2.45, 2.75) is 221 Å². The van der Waals surface area contributed by atoms with Gasteiger partial charge in [-0.2, -0.15) is 0 Å². The lowest BCUT2D eigenvalue weighted by Crippen LogP contribution is -2.28. The molecule has 0 aromatic carbocycles. The Morgan fingerprint density at radius 1 is 0.271 bits per heavy atom. The summed E-state index contributed by atoms with van der Waals surface area (Å²) in [6.07, 6.45) is 20.2. The standard InChI is InChI=1S/2C19H22N2O3.2C18H20N2O3.2C17H20N2O3S/c1-13-3-4-15(20-12-13)10-19(22)18-11-17(9-14(2)21-18)24-16-5-7-23-8-6-16;1-13-5-6-15(20-11-13)9-19(22)18-10-17(8-14(2)21-18)24-16-4-3-7-23-12-16;1-13-9-16(23-15-6-4-8-22-12-15)11-17(20-13)18(21)10-14-5-2-3-7-19-14;1-13-10-16(23-15-5-8-22-9-6-15)12-17(20-13)18(21)11-14-4-2-3-7-19-14;1-11-7-14(22-13-3-5-21-6-4-13)8-15(18-11)16(20)9-17-19-12(2)10-23-17;1-11-6-14(22-13-4-3-5-21-9-13)7-15(18-11)16(20)8-17-19-12(2)10-23-17/h3-4,9,11-12,16H,5-8,10H2,1-2H3;5-6,8,10-11,16H,3-4,7,9,12H2,1-2H3;2-3,5,7,9,11,15H,4,6,8,10,12H2,1H3;2-4,7,10,12,15H,5-6,8-9,11H2,1H3;7-8,10,13H,3-6,9H2,1-2H3;6-7,10,13H,3-5,8-9H2,1-2H3. The molecular formula is C108H124N12O18S2. The van der Waals surface area contributed by atoms with Gasteiger partial charge in [0.25, 0.3) is 0 Å². The van der Waals surface area contributed by atoms with Crippen LogP contribution in [-0.2, 0) is 66.9 Å². The van der Waals surface area contributed by atoms with Crippen molar-refractivity contribution in [1.82, 2.24) is 59.8 Å². The molecule has 0 spiro atoms. The summed E-state index contributed by atoms with van der Waals surface area (Å²) in [5.74, 6) is 3.88. The van der Waals surface area contributed by atoms with Gasteiger partial charge in [-0.1, -0.05) is 24.3 Å². The highest BCUT2D eigenvalue weighted by molar-refractivity contribution is 7.10. The summed E-state index contributed by atoms with van der Waals surface area (Å²) in [4.78, 5) is 126. The number of nitrogens with zero attached hydrogens (tertiary/aromatic N) is 12. The molecule has 0 N–H and O–H groups in total. The van der Waals surface area contributed by atoms with Gasteiger partial charge in [0.05, 0.1) is 98.0 Å². The zero-order valence-corrected chi connectivity index (χ0v) is 83.0. The van der Waals surface area contributed by atoms with Gasteiger partial charge in [0, 0.05) is 235 Å². The Labute approximate surface area is 825 Å². The number of Topliss-reactive ketones (excluding diaryl/α,β-unsaturated/α-hetero) is 6. The van der Waals surface area contributed by atoms with E-state index >= 15 is 0 Å². The fourth-order valence-corrected chi connectivity index (χ4v) is 17.2. The molecule has 6 aliphatic heterocycles. The molecule has 0 bridgehead atoms. The van der Waals surface area contributed by atoms with Gasteiger partial charge in [0.1, 0.15) is 115 Å². The number of carbonyl (C=O) groups is 6. The number of ether oxygens (including phenoxy) is 12. The monoisotopic (exact) mass is 1940 g/mol. The van der Waals surface area contributed by atoms with E-state index in [4.69, 9.17) is 56.8 Å². The van der Waals surface area contributed by atoms with Crippen LogP contribution in [0, 0.1) is 69.2 Å². The molecule has 6 saturated heterocycles. The van der Waals surface area contributed by atoms with E-state index in [1.807, 2.05) is 177 Å². The molecule has 0 saturated carbocycles. The number of hydrogen-bond acceptors (Lipinski definition) is 32. The van der Waals surface area contributed by atoms with Crippen molar-refractivity contribution in [1.29, 1.82) is 0 Å². The molecule has 32 heteroatoms. The highest BCUT2D eigenvalue weighted by Crippen LogP contribution is 2.30. The van der Waals surface area contributed by atoms with Crippen molar-refractivity contribution in [3.63, 3.8) is 0 Å². The Morgan fingerprint density at radius 2 is 0.529 bits per heavy atom. The SMILES string of the molecule is Cc1cc(OC2CCCOC2)cc(C(=O)Cc2ccccn2)n1.Cc1cc(OC2CCCOC2)cc(C(=O)Cc2nc(C)cs2)n1.Cc1cc(OC2CCOCC2)cc(C(=O)Cc2ccccn2)n1.Cc1cc(OC2CCOCC2)cc(C(=O)Cc2nc(C)cs2)n1.Cc1ccc(CC(=O)c2cc(OC3CCCOC3)cc(C)n2)nc1.Cc1ccc(CC(=O)c2cc(OC3CCOCC3)cc(C)n2)nc1. The summed E-state index contributed by atoms with van der Waals surface area (Å²) in [6.45, 7) is 27.5. The van der Waals surface area contributed by atoms with Crippen LogP contribution in [0.2, 0.25) is 0 Å². The molecule has 0 radical (unpaired) electrons. The first-order valence-electron chi connectivity index (χ1n) is 47.8. The number of rotatable bonds is 30. The zero-order chi connectivity index (χ0) is 98.5. The van der Waals surface area contributed by atoms with E-state index in [9.17, 15) is 28.8 Å². The molecule has 12 aromatic heterocycles. The minimum atomic E-state index is -0.0582. The fourth-order valence-electron chi connectivity index (χ4n) is 15.7. The first-order valence-corrected chi connectivity index (χ1v) is 49.6. The van der Waals surface area contributed by atoms with Crippen molar-refractivity contribution in [3.05, 3.63) is 293 Å². The van der Waals surface area contributed by atoms with Gasteiger partial charge in [-0.25, -0.2) is 39.9 Å². The maximum absolute atomic E-state index is 12.5. The molecule has 30 nitrogen and oxygen atoms in total. The van der Waals surface area contributed by atoms with E-state index < -0.39 is 0 Å². The molecule has 6 fully saturated rings. The normalized spacial score (nSPS) is 16.5. The summed E-state index contributed by atoms with van der Waals surface area (Å²) in [6, 6.07) is 40.3. The Balaban J connectivity index is 0.000000141. The summed E-state index contributed by atoms with van der Waals surface area (Å²) in [7, 11) is 0. The molecule has 18 heterocycles. The maximum atomic E-state index is 12.5. The van der Waals surface area contributed by atoms with Crippen LogP contribution in [-0.4, -0.2) is 210 Å². The summed E-state index contributed by atoms with van der Waals surface area (Å²) in [5, 5.41) is 5.54. The Morgan fingerprint density at radius 3 is 0.750 bits per heavy atom. The number of aromatic nitrogens is 12. The van der Waals surface area contributed by atoms with Crippen LogP contribution in [0.25, 0.3) is 0 Å². The van der Waals surface area contributed by atoms with Gasteiger partial charge in [-0.3, -0.25) is 48.7 Å². The molecule has 0 amide bonds. The fraction of sp³-hybridized carbons (Fsp3) is 0.426. The van der Waals surface area contributed by atoms with Crippen LogP contribution < -0.4 is 28.4 Å². The topological polar surface area (TPSA) is 368 Å². The highest BCUT2D eigenvalue weighted by atomic mass is 32.1. The van der Waals surface area contributed by atoms with Crippen LogP contribution in [0.4, 0.5) is 0 Å². The van der Waals surface area contributed by atoms with Crippen molar-refractivity contribution < 1.29 is 85.6 Å². The second-order valence-electron chi connectivity index (χ2n) is 35.3. The van der Waals surface area contributed by atoms with Gasteiger partial charge in [-0.05, 0) is 155 Å². The predicted molar refractivity (Wildman–Crippen MR) is 529 cm³/mol. The van der Waals surface area contributed by atoms with Gasteiger partial charge in [0.15, 0.2) is 34.7 Å². The average molecular weight is 1940 g/mol. The van der Waals surface area contributed by atoms with Crippen LogP contribution in [0.5, 0.6) is 34.5 Å². The van der Waals surface area contributed by atoms with Gasteiger partial charge in [-0.15, -0.1) is 22.7 Å². The summed E-state index contributed by atoms with van der Waals surface area (Å²) < 4.78 is 68.2. The minimum Gasteiger partial charge on any atom is -0.490 e. The van der Waals surface area contributed by atoms with Gasteiger partial charge in [0.2, 0.25) is 0 Å². The molecule has 3 atom stereocenters. The molecule has 12 aromatic rings. The lowest BCUT2D eigenvalue weighted by atomic mass is 10.1. The van der Waals surface area contributed by atoms with Crippen LogP contribution in [0.3, 0.4) is 0 Å². The smallest absolute Gasteiger partial charge is 0.188 e. The minimum absolute atomic E-state index is 0.0279. The first kappa shape index (κ1) is 105. The summed E-state index contributed by atoms with van der Waals surface area (Å²) >= 11 is 3.01. The highest BCUT2D eigenvalue weighted by Gasteiger charge is 2.27. The van der Waals surface area contributed by atoms with E-state index in [0.29, 0.717) is 88.5 Å². The Hall–Kier alpha value is -12.7. The maximum Gasteiger partial charge on any atom is 0.188 e.